The highest BCUT2D eigenvalue weighted by Gasteiger charge is 2.13. The number of pyridine rings is 1. The topological polar surface area (TPSA) is 104 Å². The molecule has 114 valence electrons. The summed E-state index contributed by atoms with van der Waals surface area (Å²) in [4.78, 5) is 8.22. The molecule has 0 aromatic carbocycles. The Bertz CT molecular complexity index is 888. The van der Waals surface area contributed by atoms with Crippen LogP contribution < -0.4 is 0 Å². The molecule has 0 unspecified atom stereocenters. The van der Waals surface area contributed by atoms with Crippen molar-refractivity contribution in [2.45, 2.75) is 11.0 Å². The van der Waals surface area contributed by atoms with Gasteiger partial charge in [-0.3, -0.25) is 4.98 Å². The van der Waals surface area contributed by atoms with E-state index in [2.05, 4.69) is 25.3 Å². The number of aromatic nitrogens is 5. The molecule has 8 nitrogen and oxygen atoms in total. The van der Waals surface area contributed by atoms with E-state index in [1.807, 2.05) is 0 Å². The smallest absolute Gasteiger partial charge is 0.277 e. The average molecular weight is 327 g/mol. The number of thioether (sulfide) groups is 1. The molecule has 0 saturated carbocycles. The summed E-state index contributed by atoms with van der Waals surface area (Å²) in [7, 11) is 0. The van der Waals surface area contributed by atoms with Gasteiger partial charge in [0, 0.05) is 18.0 Å². The lowest BCUT2D eigenvalue weighted by Crippen LogP contribution is -1.81. The van der Waals surface area contributed by atoms with Gasteiger partial charge in [0.1, 0.15) is 6.26 Å². The van der Waals surface area contributed by atoms with E-state index in [4.69, 9.17) is 13.4 Å². The van der Waals surface area contributed by atoms with E-state index in [0.717, 1.165) is 11.1 Å². The maximum atomic E-state index is 5.58. The van der Waals surface area contributed by atoms with Crippen LogP contribution >= 0.6 is 11.8 Å². The van der Waals surface area contributed by atoms with Gasteiger partial charge in [-0.25, -0.2) is 0 Å². The number of hydrogen-bond acceptors (Lipinski definition) is 9. The Kier molecular flexibility index (Phi) is 3.60. The van der Waals surface area contributed by atoms with Gasteiger partial charge in [-0.1, -0.05) is 16.9 Å². The summed E-state index contributed by atoms with van der Waals surface area (Å²) in [5, 5.41) is 12.3. The molecule has 0 fully saturated rings. The van der Waals surface area contributed by atoms with Crippen molar-refractivity contribution in [2.75, 3.05) is 0 Å². The van der Waals surface area contributed by atoms with Crippen molar-refractivity contribution in [3.05, 3.63) is 49.0 Å². The molecule has 0 aliphatic rings. The van der Waals surface area contributed by atoms with Crippen molar-refractivity contribution in [3.8, 4) is 22.8 Å². The fourth-order valence-electron chi connectivity index (χ4n) is 1.83. The van der Waals surface area contributed by atoms with Crippen molar-refractivity contribution >= 4 is 11.8 Å². The molecule has 0 bridgehead atoms. The molecule has 0 amide bonds. The van der Waals surface area contributed by atoms with E-state index in [-0.39, 0.29) is 0 Å². The lowest BCUT2D eigenvalue weighted by atomic mass is 10.3. The van der Waals surface area contributed by atoms with Crippen molar-refractivity contribution < 1.29 is 13.4 Å². The minimum absolute atomic E-state index is 0.430. The van der Waals surface area contributed by atoms with Crippen molar-refractivity contribution in [3.63, 3.8) is 0 Å². The van der Waals surface area contributed by atoms with E-state index < -0.39 is 0 Å². The molecule has 0 atom stereocenters. The second kappa shape index (κ2) is 6.05. The summed E-state index contributed by atoms with van der Waals surface area (Å²) in [6, 6.07) is 5.37. The molecule has 4 aromatic rings. The van der Waals surface area contributed by atoms with Gasteiger partial charge in [0.15, 0.2) is 0 Å². The lowest BCUT2D eigenvalue weighted by Gasteiger charge is -1.92. The molecule has 4 heterocycles. The highest BCUT2D eigenvalue weighted by molar-refractivity contribution is 7.98. The Morgan fingerprint density at radius 3 is 2.78 bits per heavy atom. The summed E-state index contributed by atoms with van der Waals surface area (Å²) in [6.07, 6.45) is 6.45. The Morgan fingerprint density at radius 2 is 1.96 bits per heavy atom. The summed E-state index contributed by atoms with van der Waals surface area (Å²) in [6.45, 7) is 0. The first-order valence-corrected chi connectivity index (χ1v) is 7.59. The summed E-state index contributed by atoms with van der Waals surface area (Å²) < 4.78 is 15.7. The van der Waals surface area contributed by atoms with Crippen LogP contribution in [-0.2, 0) is 5.75 Å². The van der Waals surface area contributed by atoms with E-state index in [0.29, 0.717) is 28.6 Å². The molecule has 0 aliphatic carbocycles. The van der Waals surface area contributed by atoms with Crippen molar-refractivity contribution in [2.24, 2.45) is 0 Å². The maximum Gasteiger partial charge on any atom is 0.277 e. The van der Waals surface area contributed by atoms with Crippen LogP contribution in [0.4, 0.5) is 0 Å². The monoisotopic (exact) mass is 327 g/mol. The van der Waals surface area contributed by atoms with Gasteiger partial charge < -0.3 is 13.4 Å². The third kappa shape index (κ3) is 2.99. The highest BCUT2D eigenvalue weighted by Crippen LogP contribution is 2.25. The number of nitrogens with zero attached hydrogens (tertiary/aromatic N) is 5. The molecule has 0 saturated heterocycles. The minimum atomic E-state index is 0.430. The van der Waals surface area contributed by atoms with Crippen LogP contribution in [-0.4, -0.2) is 25.3 Å². The lowest BCUT2D eigenvalue weighted by molar-refractivity contribution is 0.390. The van der Waals surface area contributed by atoms with Gasteiger partial charge in [0.2, 0.25) is 17.6 Å². The van der Waals surface area contributed by atoms with Gasteiger partial charge in [0.05, 0.1) is 17.6 Å². The predicted octanol–water partition coefficient (Wildman–Crippen LogP) is 3.07. The van der Waals surface area contributed by atoms with Gasteiger partial charge in [-0.2, -0.15) is 4.98 Å². The minimum Gasteiger partial charge on any atom is -0.472 e. The maximum absolute atomic E-state index is 5.58. The Balaban J connectivity index is 1.43. The number of furan rings is 1. The largest absolute Gasteiger partial charge is 0.472 e. The molecule has 23 heavy (non-hydrogen) atoms. The van der Waals surface area contributed by atoms with Gasteiger partial charge in [-0.05, 0) is 18.2 Å². The van der Waals surface area contributed by atoms with Crippen LogP contribution in [0.5, 0.6) is 0 Å². The molecule has 0 radical (unpaired) electrons. The van der Waals surface area contributed by atoms with Crippen LogP contribution in [0.25, 0.3) is 22.8 Å². The molecule has 9 heteroatoms. The SMILES string of the molecule is c1cc(-c2nnc(SCc3nc(-c4ccoc4)no3)o2)ccn1. The molecule has 0 spiro atoms. The fourth-order valence-corrected chi connectivity index (χ4v) is 2.43. The van der Waals surface area contributed by atoms with E-state index >= 15 is 0 Å². The standard InChI is InChI=1S/C14H9N5O3S/c1-4-15-5-2-9(1)13-17-18-14(21-13)23-8-11-16-12(19-22-11)10-3-6-20-7-10/h1-7H,8H2. The zero-order valence-corrected chi connectivity index (χ0v) is 12.4. The van der Waals surface area contributed by atoms with Crippen LogP contribution in [0.1, 0.15) is 5.89 Å². The summed E-state index contributed by atoms with van der Waals surface area (Å²) in [5.74, 6) is 1.83. The van der Waals surface area contributed by atoms with Gasteiger partial charge in [-0.15, -0.1) is 10.2 Å². The Labute approximate surface area is 133 Å². The van der Waals surface area contributed by atoms with Gasteiger partial charge in [0.25, 0.3) is 5.22 Å². The number of rotatable bonds is 5. The normalized spacial score (nSPS) is 11.0. The van der Waals surface area contributed by atoms with Crippen LogP contribution in [0.3, 0.4) is 0 Å². The second-order valence-electron chi connectivity index (χ2n) is 4.42. The first-order valence-electron chi connectivity index (χ1n) is 6.60. The summed E-state index contributed by atoms with van der Waals surface area (Å²) in [5.41, 5.74) is 1.59. The van der Waals surface area contributed by atoms with Gasteiger partial charge >= 0.3 is 0 Å². The molecular formula is C14H9N5O3S. The van der Waals surface area contributed by atoms with Crippen molar-refractivity contribution in [1.29, 1.82) is 0 Å². The van der Waals surface area contributed by atoms with Crippen LogP contribution in [0.15, 0.2) is 61.7 Å². The third-order valence-electron chi connectivity index (χ3n) is 2.90. The first kappa shape index (κ1) is 13.7. The molecule has 0 aliphatic heterocycles. The van der Waals surface area contributed by atoms with Crippen LogP contribution in [0.2, 0.25) is 0 Å². The Hall–Kier alpha value is -2.94. The third-order valence-corrected chi connectivity index (χ3v) is 3.70. The van der Waals surface area contributed by atoms with E-state index in [1.165, 1.54) is 11.8 Å². The first-order chi connectivity index (χ1) is 11.4. The zero-order valence-electron chi connectivity index (χ0n) is 11.6. The predicted molar refractivity (Wildman–Crippen MR) is 79.1 cm³/mol. The molecule has 4 rings (SSSR count). The molecule has 0 N–H and O–H groups in total. The zero-order chi connectivity index (χ0) is 15.5. The van der Waals surface area contributed by atoms with E-state index in [9.17, 15) is 0 Å². The number of hydrogen-bond donors (Lipinski definition) is 0. The average Bonchev–Trinajstić information content (AvgIpc) is 3.33. The Morgan fingerprint density at radius 1 is 1.04 bits per heavy atom. The van der Waals surface area contributed by atoms with Crippen molar-refractivity contribution in [1.82, 2.24) is 25.3 Å². The highest BCUT2D eigenvalue weighted by atomic mass is 32.2. The second-order valence-corrected chi connectivity index (χ2v) is 5.35. The molecular weight excluding hydrogens is 318 g/mol. The molecule has 4 aromatic heterocycles. The quantitative estimate of drug-likeness (QED) is 0.511. The summed E-state index contributed by atoms with van der Waals surface area (Å²) >= 11 is 1.32. The van der Waals surface area contributed by atoms with Crippen LogP contribution in [0, 0.1) is 0 Å². The van der Waals surface area contributed by atoms with E-state index in [1.54, 1.807) is 43.1 Å². The fraction of sp³-hybridized carbons (Fsp3) is 0.0714.